The van der Waals surface area contributed by atoms with Gasteiger partial charge in [-0.1, -0.05) is 0 Å². The number of ether oxygens (including phenoxy) is 1. The molecule has 7 nitrogen and oxygen atoms in total. The van der Waals surface area contributed by atoms with Gasteiger partial charge in [0.15, 0.2) is 6.10 Å². The Balaban J connectivity index is 2.84. The van der Waals surface area contributed by atoms with Gasteiger partial charge in [-0.3, -0.25) is 0 Å². The Kier molecular flexibility index (Phi) is 3.07. The summed E-state index contributed by atoms with van der Waals surface area (Å²) in [5, 5.41) is 45.1. The van der Waals surface area contributed by atoms with E-state index >= 15 is 0 Å². The molecule has 7 heteroatoms. The summed E-state index contributed by atoms with van der Waals surface area (Å²) >= 11 is 0. The molecule has 1 aliphatic heterocycles. The molecular formula is C7H12O7. The molecule has 0 aliphatic carbocycles. The lowest BCUT2D eigenvalue weighted by Gasteiger charge is -2.22. The van der Waals surface area contributed by atoms with Gasteiger partial charge in [0.05, 0.1) is 13.2 Å². The van der Waals surface area contributed by atoms with Gasteiger partial charge in [-0.2, -0.15) is 0 Å². The minimum atomic E-state index is -2.42. The van der Waals surface area contributed by atoms with E-state index in [1.165, 1.54) is 0 Å². The zero-order valence-electron chi connectivity index (χ0n) is 7.20. The molecular weight excluding hydrogens is 196 g/mol. The number of aliphatic hydroxyl groups is 5. The van der Waals surface area contributed by atoms with Crippen molar-refractivity contribution in [3.63, 3.8) is 0 Å². The van der Waals surface area contributed by atoms with Crippen LogP contribution >= 0.6 is 0 Å². The van der Waals surface area contributed by atoms with Crippen molar-refractivity contribution >= 4 is 5.97 Å². The van der Waals surface area contributed by atoms with E-state index in [-0.39, 0.29) is 0 Å². The Morgan fingerprint density at radius 1 is 1.50 bits per heavy atom. The van der Waals surface area contributed by atoms with E-state index in [1.54, 1.807) is 0 Å². The van der Waals surface area contributed by atoms with Crippen molar-refractivity contribution < 1.29 is 35.1 Å². The molecule has 0 aromatic rings. The summed E-state index contributed by atoms with van der Waals surface area (Å²) in [5.41, 5.74) is -2.42. The van der Waals surface area contributed by atoms with Crippen LogP contribution in [0.2, 0.25) is 0 Å². The number of carbonyl (C=O) groups excluding carboxylic acids is 1. The summed E-state index contributed by atoms with van der Waals surface area (Å²) in [6, 6.07) is 0. The van der Waals surface area contributed by atoms with Crippen LogP contribution in [0.3, 0.4) is 0 Å². The Morgan fingerprint density at radius 3 is 2.43 bits per heavy atom. The molecule has 0 saturated carbocycles. The van der Waals surface area contributed by atoms with E-state index in [2.05, 4.69) is 4.74 Å². The van der Waals surface area contributed by atoms with E-state index in [0.717, 1.165) is 0 Å². The number of aliphatic hydroxyl groups excluding tert-OH is 4. The van der Waals surface area contributed by atoms with E-state index in [9.17, 15) is 15.0 Å². The van der Waals surface area contributed by atoms with Crippen LogP contribution in [-0.4, -0.2) is 68.6 Å². The molecule has 0 spiro atoms. The lowest BCUT2D eigenvalue weighted by Crippen LogP contribution is -2.51. The number of carbonyl (C=O) groups is 1. The maximum Gasteiger partial charge on any atom is 0.343 e. The van der Waals surface area contributed by atoms with Crippen LogP contribution in [0.25, 0.3) is 0 Å². The summed E-state index contributed by atoms with van der Waals surface area (Å²) in [6.07, 6.45) is -4.68. The first kappa shape index (κ1) is 11.3. The van der Waals surface area contributed by atoms with E-state index in [0.29, 0.717) is 0 Å². The van der Waals surface area contributed by atoms with E-state index < -0.39 is 43.1 Å². The van der Waals surface area contributed by atoms with Crippen LogP contribution in [0.4, 0.5) is 0 Å². The van der Waals surface area contributed by atoms with Crippen molar-refractivity contribution in [1.82, 2.24) is 0 Å². The van der Waals surface area contributed by atoms with Gasteiger partial charge in [0, 0.05) is 0 Å². The second kappa shape index (κ2) is 3.79. The summed E-state index contributed by atoms with van der Waals surface area (Å²) in [6.45, 7) is -1.74. The predicted molar refractivity (Wildman–Crippen MR) is 41.0 cm³/mol. The Morgan fingerprint density at radius 2 is 2.07 bits per heavy atom. The van der Waals surface area contributed by atoms with Crippen LogP contribution in [0.5, 0.6) is 0 Å². The first-order valence-corrected chi connectivity index (χ1v) is 3.98. The quantitative estimate of drug-likeness (QED) is 0.302. The molecule has 1 heterocycles. The SMILES string of the molecule is O=C1O[C@H]([C@H](O)CO)[C@@H](O)[C@@]1(O)CO. The van der Waals surface area contributed by atoms with E-state index in [4.69, 9.17) is 15.3 Å². The lowest BCUT2D eigenvalue weighted by molar-refractivity contribution is -0.161. The van der Waals surface area contributed by atoms with Crippen LogP contribution in [-0.2, 0) is 9.53 Å². The van der Waals surface area contributed by atoms with Crippen molar-refractivity contribution in [2.45, 2.75) is 23.9 Å². The topological polar surface area (TPSA) is 127 Å². The van der Waals surface area contributed by atoms with Crippen molar-refractivity contribution in [2.24, 2.45) is 0 Å². The smallest absolute Gasteiger partial charge is 0.343 e. The third-order valence-electron chi connectivity index (χ3n) is 2.20. The molecule has 1 rings (SSSR count). The molecule has 0 amide bonds. The number of rotatable bonds is 3. The normalized spacial score (nSPS) is 39.6. The van der Waals surface area contributed by atoms with Gasteiger partial charge in [-0.25, -0.2) is 4.79 Å². The van der Waals surface area contributed by atoms with Gasteiger partial charge in [0.1, 0.15) is 12.2 Å². The van der Waals surface area contributed by atoms with Crippen molar-refractivity contribution in [3.05, 3.63) is 0 Å². The molecule has 0 aromatic carbocycles. The van der Waals surface area contributed by atoms with Crippen LogP contribution in [0.15, 0.2) is 0 Å². The van der Waals surface area contributed by atoms with Crippen molar-refractivity contribution in [2.75, 3.05) is 13.2 Å². The molecule has 0 aromatic heterocycles. The third kappa shape index (κ3) is 1.49. The first-order valence-electron chi connectivity index (χ1n) is 3.98. The van der Waals surface area contributed by atoms with E-state index in [1.807, 2.05) is 0 Å². The third-order valence-corrected chi connectivity index (χ3v) is 2.20. The minimum Gasteiger partial charge on any atom is -0.454 e. The number of cyclic esters (lactones) is 1. The Hall–Kier alpha value is -0.730. The Labute approximate surface area is 79.2 Å². The highest BCUT2D eigenvalue weighted by Crippen LogP contribution is 2.27. The van der Waals surface area contributed by atoms with Gasteiger partial charge in [-0.15, -0.1) is 0 Å². The van der Waals surface area contributed by atoms with Gasteiger partial charge in [0.2, 0.25) is 5.60 Å². The largest absolute Gasteiger partial charge is 0.454 e. The van der Waals surface area contributed by atoms with Crippen LogP contribution in [0.1, 0.15) is 0 Å². The highest BCUT2D eigenvalue weighted by molar-refractivity contribution is 5.83. The monoisotopic (exact) mass is 208 g/mol. The van der Waals surface area contributed by atoms with Gasteiger partial charge < -0.3 is 30.3 Å². The molecule has 0 radical (unpaired) electrons. The molecule has 0 bridgehead atoms. The second-order valence-corrected chi connectivity index (χ2v) is 3.15. The molecule has 4 atom stereocenters. The van der Waals surface area contributed by atoms with Crippen LogP contribution < -0.4 is 0 Å². The maximum atomic E-state index is 11.0. The van der Waals surface area contributed by atoms with Gasteiger partial charge in [-0.05, 0) is 0 Å². The summed E-state index contributed by atoms with van der Waals surface area (Å²) < 4.78 is 4.42. The molecule has 1 fully saturated rings. The van der Waals surface area contributed by atoms with Gasteiger partial charge >= 0.3 is 5.97 Å². The number of esters is 1. The average molecular weight is 208 g/mol. The fourth-order valence-electron chi connectivity index (χ4n) is 1.23. The fourth-order valence-corrected chi connectivity index (χ4v) is 1.23. The second-order valence-electron chi connectivity index (χ2n) is 3.15. The molecule has 14 heavy (non-hydrogen) atoms. The highest BCUT2D eigenvalue weighted by atomic mass is 16.6. The van der Waals surface area contributed by atoms with Crippen LogP contribution in [0, 0.1) is 0 Å². The minimum absolute atomic E-state index is 0.726. The lowest BCUT2D eigenvalue weighted by atomic mass is 9.95. The fraction of sp³-hybridized carbons (Fsp3) is 0.857. The first-order chi connectivity index (χ1) is 6.47. The van der Waals surface area contributed by atoms with Crippen molar-refractivity contribution in [3.8, 4) is 0 Å². The maximum absolute atomic E-state index is 11.0. The summed E-state index contributed by atoms with van der Waals surface area (Å²) in [4.78, 5) is 11.0. The standard InChI is InChI=1S/C7H12O7/c8-1-3(10)4-5(11)7(13,2-9)6(12)14-4/h3-5,8-11,13H,1-2H2/t3-,4-,5-,7+/m1/s1. The molecule has 0 unspecified atom stereocenters. The van der Waals surface area contributed by atoms with Gasteiger partial charge in [0.25, 0.3) is 0 Å². The average Bonchev–Trinajstić information content (AvgIpc) is 2.42. The van der Waals surface area contributed by atoms with Crippen molar-refractivity contribution in [1.29, 1.82) is 0 Å². The zero-order chi connectivity index (χ0) is 10.9. The summed E-state index contributed by atoms with van der Waals surface area (Å²) in [5.74, 6) is -1.22. The Bertz CT molecular complexity index is 230. The predicted octanol–water partition coefficient (Wildman–Crippen LogP) is -3.65. The molecule has 1 aliphatic rings. The zero-order valence-corrected chi connectivity index (χ0v) is 7.20. The molecule has 1 saturated heterocycles. The summed E-state index contributed by atoms with van der Waals surface area (Å²) in [7, 11) is 0. The highest BCUT2D eigenvalue weighted by Gasteiger charge is 2.57. The molecule has 5 N–H and O–H groups in total. The number of hydrogen-bond donors (Lipinski definition) is 5. The molecule has 82 valence electrons. The number of hydrogen-bond acceptors (Lipinski definition) is 7.